The molecule has 0 spiro atoms. The van der Waals surface area contributed by atoms with Crippen molar-refractivity contribution in [1.82, 2.24) is 5.43 Å². The SMILES string of the molecule is COc1cc(/C=N\NC(=O)c2ccc(C(C)(C)C)cc2)ccc1OC(=O)c1ccc(Cl)c(Cl)c1. The molecule has 0 aliphatic rings. The zero-order valence-electron chi connectivity index (χ0n) is 19.2. The number of carbonyl (C=O) groups is 2. The number of methoxy groups -OCH3 is 1. The van der Waals surface area contributed by atoms with Crippen LogP contribution in [-0.2, 0) is 5.41 Å². The van der Waals surface area contributed by atoms with Gasteiger partial charge in [-0.2, -0.15) is 5.10 Å². The van der Waals surface area contributed by atoms with Gasteiger partial charge in [-0.3, -0.25) is 4.79 Å². The van der Waals surface area contributed by atoms with Crippen molar-refractivity contribution in [1.29, 1.82) is 0 Å². The van der Waals surface area contributed by atoms with E-state index in [2.05, 4.69) is 31.3 Å². The summed E-state index contributed by atoms with van der Waals surface area (Å²) < 4.78 is 10.8. The average molecular weight is 499 g/mol. The normalized spacial score (nSPS) is 11.4. The molecular formula is C26H24Cl2N2O4. The summed E-state index contributed by atoms with van der Waals surface area (Å²) >= 11 is 11.9. The van der Waals surface area contributed by atoms with E-state index >= 15 is 0 Å². The summed E-state index contributed by atoms with van der Waals surface area (Å²) in [5.41, 5.74) is 5.04. The maximum atomic E-state index is 12.4. The van der Waals surface area contributed by atoms with Crippen LogP contribution < -0.4 is 14.9 Å². The van der Waals surface area contributed by atoms with Crippen molar-refractivity contribution in [3.63, 3.8) is 0 Å². The Balaban J connectivity index is 1.66. The Morgan fingerprint density at radius 1 is 0.882 bits per heavy atom. The van der Waals surface area contributed by atoms with E-state index in [1.165, 1.54) is 31.5 Å². The van der Waals surface area contributed by atoms with Gasteiger partial charge in [0.25, 0.3) is 5.91 Å². The minimum Gasteiger partial charge on any atom is -0.493 e. The zero-order valence-corrected chi connectivity index (χ0v) is 20.7. The molecule has 0 saturated heterocycles. The maximum absolute atomic E-state index is 12.4. The van der Waals surface area contributed by atoms with Gasteiger partial charge in [0.2, 0.25) is 0 Å². The van der Waals surface area contributed by atoms with Crippen LogP contribution >= 0.6 is 23.2 Å². The van der Waals surface area contributed by atoms with E-state index in [9.17, 15) is 9.59 Å². The van der Waals surface area contributed by atoms with E-state index in [0.717, 1.165) is 5.56 Å². The number of nitrogens with zero attached hydrogens (tertiary/aromatic N) is 1. The lowest BCUT2D eigenvalue weighted by Gasteiger charge is -2.18. The van der Waals surface area contributed by atoms with E-state index in [-0.39, 0.29) is 27.7 Å². The van der Waals surface area contributed by atoms with Gasteiger partial charge in [0.05, 0.1) is 28.9 Å². The number of amides is 1. The van der Waals surface area contributed by atoms with Crippen molar-refractivity contribution in [2.45, 2.75) is 26.2 Å². The van der Waals surface area contributed by atoms with Crippen LogP contribution in [0.4, 0.5) is 0 Å². The standard InChI is InChI=1S/C26H24Cl2N2O4/c1-26(2,3)19-9-6-17(7-10-19)24(31)30-29-15-16-5-12-22(23(13-16)33-4)34-25(32)18-8-11-20(27)21(28)14-18/h5-15H,1-4H3,(H,30,31)/b29-15-. The number of nitrogens with one attached hydrogen (secondary N) is 1. The number of rotatable bonds is 6. The number of halogens is 2. The van der Waals surface area contributed by atoms with Gasteiger partial charge in [-0.1, -0.05) is 56.1 Å². The minimum absolute atomic E-state index is 0.00850. The first kappa shape index (κ1) is 25.3. The number of ether oxygens (including phenoxy) is 2. The van der Waals surface area contributed by atoms with Gasteiger partial charge in [0.1, 0.15) is 0 Å². The van der Waals surface area contributed by atoms with Gasteiger partial charge in [0.15, 0.2) is 11.5 Å². The van der Waals surface area contributed by atoms with Crippen molar-refractivity contribution < 1.29 is 19.1 Å². The first-order valence-electron chi connectivity index (χ1n) is 10.4. The highest BCUT2D eigenvalue weighted by molar-refractivity contribution is 6.42. The van der Waals surface area contributed by atoms with Crippen molar-refractivity contribution in [2.24, 2.45) is 5.10 Å². The second-order valence-electron chi connectivity index (χ2n) is 8.46. The smallest absolute Gasteiger partial charge is 0.343 e. The van der Waals surface area contributed by atoms with Crippen LogP contribution in [-0.4, -0.2) is 25.2 Å². The lowest BCUT2D eigenvalue weighted by molar-refractivity contribution is 0.0729. The molecule has 0 aromatic heterocycles. The molecule has 0 fully saturated rings. The second-order valence-corrected chi connectivity index (χ2v) is 9.27. The number of hydrogen-bond acceptors (Lipinski definition) is 5. The van der Waals surface area contributed by atoms with Crippen LogP contribution in [0, 0.1) is 0 Å². The Kier molecular flexibility index (Phi) is 7.97. The molecule has 6 nitrogen and oxygen atoms in total. The highest BCUT2D eigenvalue weighted by atomic mass is 35.5. The fourth-order valence-electron chi connectivity index (χ4n) is 2.98. The fourth-order valence-corrected chi connectivity index (χ4v) is 3.28. The summed E-state index contributed by atoms with van der Waals surface area (Å²) in [4.78, 5) is 24.8. The summed E-state index contributed by atoms with van der Waals surface area (Å²) in [6, 6.07) is 16.7. The molecule has 0 unspecified atom stereocenters. The van der Waals surface area contributed by atoms with Crippen LogP contribution in [0.2, 0.25) is 10.0 Å². The first-order chi connectivity index (χ1) is 16.1. The van der Waals surface area contributed by atoms with E-state index in [0.29, 0.717) is 21.9 Å². The topological polar surface area (TPSA) is 77.0 Å². The largest absolute Gasteiger partial charge is 0.493 e. The Hall–Kier alpha value is -3.35. The monoisotopic (exact) mass is 498 g/mol. The molecule has 0 heterocycles. The van der Waals surface area contributed by atoms with Crippen LogP contribution in [0.1, 0.15) is 52.6 Å². The average Bonchev–Trinajstić information content (AvgIpc) is 2.81. The number of esters is 1. The molecule has 0 bridgehead atoms. The predicted molar refractivity (Wildman–Crippen MR) is 135 cm³/mol. The molecule has 176 valence electrons. The van der Waals surface area contributed by atoms with Crippen LogP contribution in [0.15, 0.2) is 65.8 Å². The Morgan fingerprint density at radius 3 is 2.18 bits per heavy atom. The summed E-state index contributed by atoms with van der Waals surface area (Å²) in [5, 5.41) is 4.60. The van der Waals surface area contributed by atoms with Gasteiger partial charge in [-0.15, -0.1) is 0 Å². The summed E-state index contributed by atoms with van der Waals surface area (Å²) in [5.74, 6) is -0.390. The Morgan fingerprint density at radius 2 is 1.56 bits per heavy atom. The maximum Gasteiger partial charge on any atom is 0.343 e. The molecule has 3 aromatic carbocycles. The summed E-state index contributed by atoms with van der Waals surface area (Å²) in [6.45, 7) is 6.33. The van der Waals surface area contributed by atoms with Gasteiger partial charge in [0, 0.05) is 5.56 Å². The highest BCUT2D eigenvalue weighted by Crippen LogP contribution is 2.29. The first-order valence-corrected chi connectivity index (χ1v) is 11.1. The molecular weight excluding hydrogens is 475 g/mol. The Bertz CT molecular complexity index is 1230. The van der Waals surface area contributed by atoms with E-state index in [1.807, 2.05) is 12.1 Å². The highest BCUT2D eigenvalue weighted by Gasteiger charge is 2.15. The molecule has 0 aliphatic heterocycles. The zero-order chi connectivity index (χ0) is 24.9. The molecule has 0 aliphatic carbocycles. The fraction of sp³-hybridized carbons (Fsp3) is 0.192. The molecule has 1 amide bonds. The van der Waals surface area contributed by atoms with E-state index in [1.54, 1.807) is 30.3 Å². The summed E-state index contributed by atoms with van der Waals surface area (Å²) in [6.07, 6.45) is 1.47. The third kappa shape index (κ3) is 6.37. The lowest BCUT2D eigenvalue weighted by Crippen LogP contribution is -2.18. The van der Waals surface area contributed by atoms with E-state index in [4.69, 9.17) is 32.7 Å². The van der Waals surface area contributed by atoms with Crippen molar-refractivity contribution in [2.75, 3.05) is 7.11 Å². The molecule has 0 saturated carbocycles. The molecule has 34 heavy (non-hydrogen) atoms. The molecule has 3 aromatic rings. The number of hydrazone groups is 1. The van der Waals surface area contributed by atoms with Crippen molar-refractivity contribution in [3.8, 4) is 11.5 Å². The second kappa shape index (κ2) is 10.7. The molecule has 8 heteroatoms. The number of hydrogen-bond donors (Lipinski definition) is 1. The molecule has 1 N–H and O–H groups in total. The van der Waals surface area contributed by atoms with Crippen molar-refractivity contribution in [3.05, 3.63) is 93.0 Å². The molecule has 3 rings (SSSR count). The Labute approximate surface area is 208 Å². The van der Waals surface area contributed by atoms with E-state index < -0.39 is 5.97 Å². The van der Waals surface area contributed by atoms with Crippen LogP contribution in [0.5, 0.6) is 11.5 Å². The predicted octanol–water partition coefficient (Wildman–Crippen LogP) is 6.28. The van der Waals surface area contributed by atoms with Gasteiger partial charge in [-0.05, 0) is 65.1 Å². The number of carbonyl (C=O) groups excluding carboxylic acids is 2. The van der Waals surface area contributed by atoms with Gasteiger partial charge >= 0.3 is 5.97 Å². The van der Waals surface area contributed by atoms with Crippen LogP contribution in [0.25, 0.3) is 0 Å². The third-order valence-electron chi connectivity index (χ3n) is 4.94. The minimum atomic E-state index is -0.608. The van der Waals surface area contributed by atoms with Crippen LogP contribution in [0.3, 0.4) is 0 Å². The molecule has 0 atom stereocenters. The van der Waals surface area contributed by atoms with Gasteiger partial charge < -0.3 is 9.47 Å². The molecule has 0 radical (unpaired) electrons. The number of benzene rings is 3. The summed E-state index contributed by atoms with van der Waals surface area (Å²) in [7, 11) is 1.45. The lowest BCUT2D eigenvalue weighted by atomic mass is 9.87. The third-order valence-corrected chi connectivity index (χ3v) is 5.68. The quantitative estimate of drug-likeness (QED) is 0.187. The van der Waals surface area contributed by atoms with Crippen molar-refractivity contribution >= 4 is 41.3 Å². The van der Waals surface area contributed by atoms with Gasteiger partial charge in [-0.25, -0.2) is 10.2 Å².